The summed E-state index contributed by atoms with van der Waals surface area (Å²) in [5.41, 5.74) is 0. The predicted molar refractivity (Wildman–Crippen MR) is 47.8 cm³/mol. The monoisotopic (exact) mass is 218 g/mol. The van der Waals surface area contributed by atoms with Gasteiger partial charge in [-0.05, 0) is 41.1 Å². The maximum Gasteiger partial charge on any atom is 0.145 e. The normalized spacial score (nSPS) is 30.2. The molecule has 0 fully saturated rings. The van der Waals surface area contributed by atoms with Crippen molar-refractivity contribution in [2.45, 2.75) is 17.9 Å². The highest BCUT2D eigenvalue weighted by Crippen LogP contribution is 2.30. The molecule has 0 aromatic rings. The van der Waals surface area contributed by atoms with Crippen LogP contribution < -0.4 is 0 Å². The average molecular weight is 219 g/mol. The number of halogens is 1. The van der Waals surface area contributed by atoms with Crippen molar-refractivity contribution in [2.75, 3.05) is 6.61 Å². The van der Waals surface area contributed by atoms with Gasteiger partial charge in [0.1, 0.15) is 10.3 Å². The highest BCUT2D eigenvalue weighted by molar-refractivity contribution is 9.10. The molecule has 0 bridgehead atoms. The van der Waals surface area contributed by atoms with Gasteiger partial charge in [-0.3, -0.25) is 0 Å². The highest BCUT2D eigenvalue weighted by Gasteiger charge is 2.24. The van der Waals surface area contributed by atoms with Crippen molar-refractivity contribution in [2.24, 2.45) is 0 Å². The second-order valence-electron chi connectivity index (χ2n) is 2.39. The minimum Gasteiger partial charge on any atom is -0.508 e. The Morgan fingerprint density at radius 2 is 2.55 bits per heavy atom. The lowest BCUT2D eigenvalue weighted by Crippen LogP contribution is -2.23. The second kappa shape index (κ2) is 3.41. The number of aliphatic hydroxyl groups is 1. The molecule has 62 valence electrons. The third-order valence-corrected chi connectivity index (χ3v) is 2.29. The van der Waals surface area contributed by atoms with Gasteiger partial charge in [0, 0.05) is 13.0 Å². The van der Waals surface area contributed by atoms with E-state index in [9.17, 15) is 0 Å². The smallest absolute Gasteiger partial charge is 0.145 e. The minimum atomic E-state index is -0.395. The maximum atomic E-state index is 9.01. The van der Waals surface area contributed by atoms with E-state index in [1.54, 1.807) is 12.2 Å². The van der Waals surface area contributed by atoms with Gasteiger partial charge >= 0.3 is 0 Å². The zero-order chi connectivity index (χ0) is 8.32. The Morgan fingerprint density at radius 1 is 1.82 bits per heavy atom. The third-order valence-electron chi connectivity index (χ3n) is 1.48. The molecule has 1 aliphatic carbocycles. The SMILES string of the molecule is CCOC1(Br)C=CC(O)=CC1. The molecule has 0 saturated heterocycles. The Morgan fingerprint density at radius 3 is 3.00 bits per heavy atom. The molecule has 2 nitrogen and oxygen atoms in total. The summed E-state index contributed by atoms with van der Waals surface area (Å²) < 4.78 is 5.00. The molecule has 0 amide bonds. The van der Waals surface area contributed by atoms with E-state index in [0.29, 0.717) is 18.8 Å². The topological polar surface area (TPSA) is 29.5 Å². The Bertz CT molecular complexity index is 198. The minimum absolute atomic E-state index is 0.305. The molecule has 3 heteroatoms. The zero-order valence-corrected chi connectivity index (χ0v) is 7.97. The molecular weight excluding hydrogens is 208 g/mol. The molecule has 1 atom stereocenters. The lowest BCUT2D eigenvalue weighted by Gasteiger charge is -2.24. The summed E-state index contributed by atoms with van der Waals surface area (Å²) in [6, 6.07) is 0. The Hall–Kier alpha value is -0.280. The summed E-state index contributed by atoms with van der Waals surface area (Å²) in [6.07, 6.45) is 5.84. The first kappa shape index (κ1) is 8.81. The quantitative estimate of drug-likeness (QED) is 0.723. The highest BCUT2D eigenvalue weighted by atomic mass is 79.9. The Labute approximate surface area is 74.7 Å². The predicted octanol–water partition coefficient (Wildman–Crippen LogP) is 2.52. The first-order valence-electron chi connectivity index (χ1n) is 3.57. The van der Waals surface area contributed by atoms with Crippen LogP contribution in [0.5, 0.6) is 0 Å². The fourth-order valence-corrected chi connectivity index (χ4v) is 1.46. The number of allylic oxidation sites excluding steroid dienone is 1. The lowest BCUT2D eigenvalue weighted by molar-refractivity contribution is 0.0754. The Balaban J connectivity index is 2.58. The lowest BCUT2D eigenvalue weighted by atomic mass is 10.1. The van der Waals surface area contributed by atoms with Gasteiger partial charge in [0.15, 0.2) is 0 Å². The van der Waals surface area contributed by atoms with Crippen LogP contribution in [0.1, 0.15) is 13.3 Å². The van der Waals surface area contributed by atoms with E-state index in [4.69, 9.17) is 9.84 Å². The van der Waals surface area contributed by atoms with Crippen LogP contribution >= 0.6 is 15.9 Å². The molecule has 1 N–H and O–H groups in total. The zero-order valence-electron chi connectivity index (χ0n) is 6.38. The van der Waals surface area contributed by atoms with Crippen LogP contribution in [0.4, 0.5) is 0 Å². The van der Waals surface area contributed by atoms with E-state index in [0.717, 1.165) is 0 Å². The summed E-state index contributed by atoms with van der Waals surface area (Å²) in [5, 5.41) is 9.01. The molecule has 0 spiro atoms. The van der Waals surface area contributed by atoms with Gasteiger partial charge in [0.25, 0.3) is 0 Å². The molecular formula is C8H11BrO2. The van der Waals surface area contributed by atoms with E-state index in [1.807, 2.05) is 13.0 Å². The first-order chi connectivity index (χ1) is 5.16. The first-order valence-corrected chi connectivity index (χ1v) is 4.37. The molecule has 1 rings (SSSR count). The van der Waals surface area contributed by atoms with E-state index in [1.165, 1.54) is 0 Å². The molecule has 0 aromatic heterocycles. The molecule has 1 unspecified atom stereocenters. The van der Waals surface area contributed by atoms with Gasteiger partial charge < -0.3 is 9.84 Å². The summed E-state index contributed by atoms with van der Waals surface area (Å²) >= 11 is 3.42. The van der Waals surface area contributed by atoms with Crippen molar-refractivity contribution >= 4 is 15.9 Å². The van der Waals surface area contributed by atoms with Crippen LogP contribution in [0.25, 0.3) is 0 Å². The fraction of sp³-hybridized carbons (Fsp3) is 0.500. The summed E-state index contributed by atoms with van der Waals surface area (Å²) in [4.78, 5) is 0. The maximum absolute atomic E-state index is 9.01. The van der Waals surface area contributed by atoms with Crippen molar-refractivity contribution in [3.8, 4) is 0 Å². The molecule has 0 aliphatic heterocycles. The number of alkyl halides is 1. The molecule has 1 aliphatic rings. The van der Waals surface area contributed by atoms with Crippen molar-refractivity contribution in [1.82, 2.24) is 0 Å². The standard InChI is InChI=1S/C8H11BrO2/c1-2-11-8(9)5-3-7(10)4-6-8/h3-5,10H,2,6H2,1H3. The van der Waals surface area contributed by atoms with Gasteiger partial charge in [-0.2, -0.15) is 0 Å². The van der Waals surface area contributed by atoms with Crippen molar-refractivity contribution in [1.29, 1.82) is 0 Å². The van der Waals surface area contributed by atoms with Crippen LogP contribution in [-0.2, 0) is 4.74 Å². The number of hydrogen-bond donors (Lipinski definition) is 1. The van der Waals surface area contributed by atoms with Crippen molar-refractivity contribution in [3.05, 3.63) is 24.0 Å². The van der Waals surface area contributed by atoms with Crippen molar-refractivity contribution in [3.63, 3.8) is 0 Å². The molecule has 0 radical (unpaired) electrons. The van der Waals surface area contributed by atoms with Crippen LogP contribution in [0.3, 0.4) is 0 Å². The number of hydrogen-bond acceptors (Lipinski definition) is 2. The Kier molecular flexibility index (Phi) is 2.73. The van der Waals surface area contributed by atoms with Gasteiger partial charge in [-0.15, -0.1) is 0 Å². The van der Waals surface area contributed by atoms with Crippen molar-refractivity contribution < 1.29 is 9.84 Å². The molecule has 0 saturated carbocycles. The molecule has 0 heterocycles. The van der Waals surface area contributed by atoms with E-state index in [-0.39, 0.29) is 0 Å². The average Bonchev–Trinajstić information content (AvgIpc) is 1.97. The van der Waals surface area contributed by atoms with Gasteiger partial charge in [-0.1, -0.05) is 0 Å². The second-order valence-corrected chi connectivity index (χ2v) is 3.73. The van der Waals surface area contributed by atoms with Gasteiger partial charge in [0.2, 0.25) is 0 Å². The summed E-state index contributed by atoms with van der Waals surface area (Å²) in [7, 11) is 0. The third kappa shape index (κ3) is 2.34. The van der Waals surface area contributed by atoms with E-state index in [2.05, 4.69) is 15.9 Å². The van der Waals surface area contributed by atoms with Gasteiger partial charge in [-0.25, -0.2) is 0 Å². The number of ether oxygens (including phenoxy) is 1. The summed E-state index contributed by atoms with van der Waals surface area (Å²) in [6.45, 7) is 2.60. The fourth-order valence-electron chi connectivity index (χ4n) is 0.937. The van der Waals surface area contributed by atoms with E-state index >= 15 is 0 Å². The summed E-state index contributed by atoms with van der Waals surface area (Å²) in [5.74, 6) is 0.305. The van der Waals surface area contributed by atoms with Gasteiger partial charge in [0.05, 0.1) is 0 Å². The number of aliphatic hydroxyl groups excluding tert-OH is 1. The molecule has 11 heavy (non-hydrogen) atoms. The van der Waals surface area contributed by atoms with Crippen LogP contribution in [0.2, 0.25) is 0 Å². The van der Waals surface area contributed by atoms with Crippen LogP contribution in [0, 0.1) is 0 Å². The van der Waals surface area contributed by atoms with Crippen LogP contribution in [-0.4, -0.2) is 16.2 Å². The van der Waals surface area contributed by atoms with Crippen LogP contribution in [0.15, 0.2) is 24.0 Å². The van der Waals surface area contributed by atoms with E-state index < -0.39 is 4.51 Å². The largest absolute Gasteiger partial charge is 0.508 e. The molecule has 0 aromatic carbocycles. The number of rotatable bonds is 2.